The minimum Gasteiger partial charge on any atom is -0.492 e. The molecule has 0 heterocycles. The van der Waals surface area contributed by atoms with Crippen molar-refractivity contribution in [1.82, 2.24) is 0 Å². The van der Waals surface area contributed by atoms with Gasteiger partial charge < -0.3 is 10.1 Å². The summed E-state index contributed by atoms with van der Waals surface area (Å²) in [6.45, 7) is 2.66. The number of ether oxygens (including phenoxy) is 1. The highest BCUT2D eigenvalue weighted by Gasteiger charge is 2.05. The number of anilines is 1. The number of rotatable bonds is 5. The first-order chi connectivity index (χ1) is 9.60. The first-order valence-electron chi connectivity index (χ1n) is 6.20. The molecule has 0 atom stereocenters. The second kappa shape index (κ2) is 6.57. The Morgan fingerprint density at radius 3 is 2.60 bits per heavy atom. The Hall–Kier alpha value is -1.81. The van der Waals surface area contributed by atoms with Gasteiger partial charge in [-0.15, -0.1) is 0 Å². The van der Waals surface area contributed by atoms with E-state index in [-0.39, 0.29) is 6.54 Å². The van der Waals surface area contributed by atoms with Crippen LogP contribution in [-0.4, -0.2) is 6.61 Å². The van der Waals surface area contributed by atoms with E-state index in [0.717, 1.165) is 11.8 Å². The fraction of sp³-hybridized carbons (Fsp3) is 0.200. The van der Waals surface area contributed by atoms with E-state index in [9.17, 15) is 8.78 Å². The Balaban J connectivity index is 2.05. The van der Waals surface area contributed by atoms with Gasteiger partial charge in [0.25, 0.3) is 0 Å². The van der Waals surface area contributed by atoms with Crippen molar-refractivity contribution >= 4 is 17.3 Å². The molecule has 2 aromatic rings. The monoisotopic (exact) mass is 297 g/mol. The molecule has 0 saturated carbocycles. The molecule has 106 valence electrons. The lowest BCUT2D eigenvalue weighted by Crippen LogP contribution is -2.02. The van der Waals surface area contributed by atoms with E-state index >= 15 is 0 Å². The summed E-state index contributed by atoms with van der Waals surface area (Å²) in [5, 5.41) is 3.51. The predicted octanol–water partition coefficient (Wildman–Crippen LogP) is 4.63. The van der Waals surface area contributed by atoms with Crippen LogP contribution in [0.15, 0.2) is 36.4 Å². The van der Waals surface area contributed by atoms with Crippen LogP contribution in [0.5, 0.6) is 5.75 Å². The largest absolute Gasteiger partial charge is 0.492 e. The van der Waals surface area contributed by atoms with Gasteiger partial charge in [-0.05, 0) is 31.2 Å². The van der Waals surface area contributed by atoms with Crippen molar-refractivity contribution in [2.45, 2.75) is 13.5 Å². The molecule has 0 saturated heterocycles. The lowest BCUT2D eigenvalue weighted by molar-refractivity contribution is 0.340. The topological polar surface area (TPSA) is 21.3 Å². The van der Waals surface area contributed by atoms with Crippen molar-refractivity contribution in [3.8, 4) is 5.75 Å². The first-order valence-corrected chi connectivity index (χ1v) is 6.58. The molecule has 0 aliphatic heterocycles. The molecule has 0 aliphatic carbocycles. The number of hydrogen-bond acceptors (Lipinski definition) is 2. The molecule has 0 aromatic heterocycles. The van der Waals surface area contributed by atoms with Crippen LogP contribution in [0.1, 0.15) is 12.5 Å². The summed E-state index contributed by atoms with van der Waals surface area (Å²) in [6, 6.07) is 8.74. The van der Waals surface area contributed by atoms with Crippen molar-refractivity contribution in [3.63, 3.8) is 0 Å². The minimum atomic E-state index is -0.588. The Morgan fingerprint density at radius 2 is 1.95 bits per heavy atom. The molecule has 0 unspecified atom stereocenters. The van der Waals surface area contributed by atoms with Gasteiger partial charge in [-0.1, -0.05) is 17.7 Å². The number of halogens is 3. The molecular weight excluding hydrogens is 284 g/mol. The molecule has 0 aliphatic rings. The summed E-state index contributed by atoms with van der Waals surface area (Å²) >= 11 is 6.05. The predicted molar refractivity (Wildman–Crippen MR) is 76.3 cm³/mol. The van der Waals surface area contributed by atoms with E-state index in [0.29, 0.717) is 22.9 Å². The fourth-order valence-corrected chi connectivity index (χ4v) is 1.98. The molecule has 0 spiro atoms. The molecule has 5 heteroatoms. The molecule has 0 radical (unpaired) electrons. The number of benzene rings is 2. The van der Waals surface area contributed by atoms with Gasteiger partial charge in [-0.3, -0.25) is 0 Å². The van der Waals surface area contributed by atoms with E-state index in [4.69, 9.17) is 16.3 Å². The summed E-state index contributed by atoms with van der Waals surface area (Å²) in [4.78, 5) is 0. The zero-order valence-electron chi connectivity index (χ0n) is 10.9. The highest BCUT2D eigenvalue weighted by Crippen LogP contribution is 2.28. The summed E-state index contributed by atoms with van der Waals surface area (Å²) in [7, 11) is 0. The lowest BCUT2D eigenvalue weighted by Gasteiger charge is -2.10. The zero-order valence-corrected chi connectivity index (χ0v) is 11.7. The molecular formula is C15H14ClF2NO. The number of nitrogens with one attached hydrogen (secondary N) is 1. The summed E-state index contributed by atoms with van der Waals surface area (Å²) in [5.41, 5.74) is 1.12. The van der Waals surface area contributed by atoms with Gasteiger partial charge in [0.2, 0.25) is 0 Å². The highest BCUT2D eigenvalue weighted by molar-refractivity contribution is 6.32. The molecule has 0 fully saturated rings. The molecule has 2 aromatic carbocycles. The molecule has 2 rings (SSSR count). The average Bonchev–Trinajstić information content (AvgIpc) is 2.41. The van der Waals surface area contributed by atoms with Crippen LogP contribution in [0, 0.1) is 11.6 Å². The van der Waals surface area contributed by atoms with Crippen LogP contribution in [0.2, 0.25) is 5.02 Å². The van der Waals surface area contributed by atoms with Gasteiger partial charge in [-0.25, -0.2) is 8.78 Å². The maximum Gasteiger partial charge on any atom is 0.138 e. The second-order valence-electron chi connectivity index (χ2n) is 4.17. The lowest BCUT2D eigenvalue weighted by atomic mass is 10.2. The van der Waals surface area contributed by atoms with Gasteiger partial charge in [0.05, 0.1) is 11.6 Å². The van der Waals surface area contributed by atoms with Crippen molar-refractivity contribution < 1.29 is 13.5 Å². The van der Waals surface area contributed by atoms with Crippen molar-refractivity contribution in [2.75, 3.05) is 11.9 Å². The third-order valence-electron chi connectivity index (χ3n) is 2.73. The maximum absolute atomic E-state index is 13.5. The molecule has 20 heavy (non-hydrogen) atoms. The van der Waals surface area contributed by atoms with Crippen LogP contribution < -0.4 is 10.1 Å². The highest BCUT2D eigenvalue weighted by atomic mass is 35.5. The Labute approximate surface area is 121 Å². The quantitative estimate of drug-likeness (QED) is 0.869. The van der Waals surface area contributed by atoms with Gasteiger partial charge in [0.1, 0.15) is 17.4 Å². The molecule has 0 amide bonds. The van der Waals surface area contributed by atoms with Crippen LogP contribution >= 0.6 is 11.6 Å². The van der Waals surface area contributed by atoms with Gasteiger partial charge >= 0.3 is 0 Å². The smallest absolute Gasteiger partial charge is 0.138 e. The van der Waals surface area contributed by atoms with E-state index in [1.807, 2.05) is 6.92 Å². The Morgan fingerprint density at radius 1 is 1.15 bits per heavy atom. The van der Waals surface area contributed by atoms with Crippen LogP contribution in [0.25, 0.3) is 0 Å². The van der Waals surface area contributed by atoms with E-state index < -0.39 is 11.6 Å². The third kappa shape index (κ3) is 3.61. The van der Waals surface area contributed by atoms with Gasteiger partial charge in [-0.2, -0.15) is 0 Å². The van der Waals surface area contributed by atoms with Crippen LogP contribution in [0.3, 0.4) is 0 Å². The second-order valence-corrected chi connectivity index (χ2v) is 4.57. The molecule has 2 nitrogen and oxygen atoms in total. The van der Waals surface area contributed by atoms with E-state index in [1.165, 1.54) is 12.1 Å². The van der Waals surface area contributed by atoms with E-state index in [2.05, 4.69) is 5.32 Å². The van der Waals surface area contributed by atoms with Crippen molar-refractivity contribution in [3.05, 3.63) is 58.6 Å². The SMILES string of the molecule is CCOc1ccc(NCc2ccc(F)cc2F)cc1Cl. The van der Waals surface area contributed by atoms with Crippen molar-refractivity contribution in [2.24, 2.45) is 0 Å². The zero-order chi connectivity index (χ0) is 14.5. The maximum atomic E-state index is 13.5. The van der Waals surface area contributed by atoms with Gasteiger partial charge in [0, 0.05) is 23.9 Å². The summed E-state index contributed by atoms with van der Waals surface area (Å²) in [5.74, 6) is -0.558. The standard InChI is InChI=1S/C15H14ClF2NO/c1-2-20-15-6-5-12(8-13(15)16)19-9-10-3-4-11(17)7-14(10)18/h3-8,19H,2,9H2,1H3. The fourth-order valence-electron chi connectivity index (χ4n) is 1.75. The third-order valence-corrected chi connectivity index (χ3v) is 3.03. The Kier molecular flexibility index (Phi) is 4.79. The summed E-state index contributed by atoms with van der Waals surface area (Å²) < 4.78 is 31.6. The average molecular weight is 298 g/mol. The molecule has 0 bridgehead atoms. The van der Waals surface area contributed by atoms with Crippen molar-refractivity contribution in [1.29, 1.82) is 0 Å². The first kappa shape index (κ1) is 14.6. The minimum absolute atomic E-state index is 0.246. The van der Waals surface area contributed by atoms with E-state index in [1.54, 1.807) is 18.2 Å². The Bertz CT molecular complexity index is 604. The van der Waals surface area contributed by atoms with Crippen LogP contribution in [-0.2, 0) is 6.54 Å². The number of hydrogen-bond donors (Lipinski definition) is 1. The summed E-state index contributed by atoms with van der Waals surface area (Å²) in [6.07, 6.45) is 0. The molecule has 1 N–H and O–H groups in total. The normalized spacial score (nSPS) is 10.4. The van der Waals surface area contributed by atoms with Crippen LogP contribution in [0.4, 0.5) is 14.5 Å². The van der Waals surface area contributed by atoms with Gasteiger partial charge in [0.15, 0.2) is 0 Å².